The number of carbonyl (C=O) groups excluding carboxylic acids is 4. The van der Waals surface area contributed by atoms with Crippen LogP contribution in [0.5, 0.6) is 5.75 Å². The van der Waals surface area contributed by atoms with Gasteiger partial charge in [0, 0.05) is 22.3 Å². The predicted octanol–water partition coefficient (Wildman–Crippen LogP) is 5.90. The van der Waals surface area contributed by atoms with Gasteiger partial charge < -0.3 is 25.2 Å². The van der Waals surface area contributed by atoms with Crippen molar-refractivity contribution in [3.63, 3.8) is 0 Å². The fourth-order valence-corrected chi connectivity index (χ4v) is 8.35. The zero-order valence-electron chi connectivity index (χ0n) is 27.2. The Morgan fingerprint density at radius 1 is 1.02 bits per heavy atom. The molecule has 0 bridgehead atoms. The number of allylic oxidation sites excluding steroid dienone is 2. The summed E-state index contributed by atoms with van der Waals surface area (Å²) in [4.78, 5) is 52.9. The van der Waals surface area contributed by atoms with Gasteiger partial charge in [0.25, 0.3) is 0 Å². The van der Waals surface area contributed by atoms with E-state index in [0.717, 1.165) is 30.9 Å². The molecule has 244 valence electrons. The zero-order valence-corrected chi connectivity index (χ0v) is 27.2. The highest BCUT2D eigenvalue weighted by atomic mass is 16.5. The Kier molecular flexibility index (Phi) is 8.30. The summed E-state index contributed by atoms with van der Waals surface area (Å²) in [5, 5.41) is 46.3. The topological polar surface area (TPSA) is 158 Å². The van der Waals surface area contributed by atoms with Crippen LogP contribution in [-0.4, -0.2) is 56.0 Å². The summed E-state index contributed by atoms with van der Waals surface area (Å²) in [5.74, 6) is -5.76. The third kappa shape index (κ3) is 4.78. The molecule has 0 fully saturated rings. The number of rotatable bonds is 8. The Hall–Kier alpha value is -4.24. The molecule has 0 radical (unpaired) electrons. The highest BCUT2D eigenvalue weighted by molar-refractivity contribution is 6.25. The van der Waals surface area contributed by atoms with E-state index in [-0.39, 0.29) is 48.0 Å². The Morgan fingerprint density at radius 2 is 1.67 bits per heavy atom. The standard InChI is InChI=1S/C37H42O9/c1-7-8-15-46-26(40)16-21-9-11-22(12-10-21)23-13-14-25(39)28-24(23)17-35(5)18-36(6)29(19(2)3)31(41)27(20(4)38)33(43)37(36,45)34(44)30(35)32(28)42/h9-14,19,29,39,41,44-45H,7-8,15-18H2,1-6H3/t29?,35-,36-,37+/m1/s1. The van der Waals surface area contributed by atoms with Gasteiger partial charge in [-0.05, 0) is 60.4 Å². The van der Waals surface area contributed by atoms with Crippen molar-refractivity contribution >= 4 is 23.3 Å². The minimum atomic E-state index is -2.65. The van der Waals surface area contributed by atoms with Gasteiger partial charge in [-0.15, -0.1) is 0 Å². The summed E-state index contributed by atoms with van der Waals surface area (Å²) in [5.41, 5.74) is -3.37. The van der Waals surface area contributed by atoms with Crippen LogP contribution >= 0.6 is 0 Å². The van der Waals surface area contributed by atoms with Gasteiger partial charge in [-0.25, -0.2) is 0 Å². The number of benzene rings is 2. The summed E-state index contributed by atoms with van der Waals surface area (Å²) < 4.78 is 5.27. The highest BCUT2D eigenvalue weighted by Crippen LogP contribution is 2.65. The third-order valence-electron chi connectivity index (χ3n) is 10.3. The maximum absolute atomic E-state index is 14.3. The number of aromatic hydroxyl groups is 1. The first kappa shape index (κ1) is 33.1. The van der Waals surface area contributed by atoms with E-state index in [2.05, 4.69) is 0 Å². The minimum Gasteiger partial charge on any atom is -0.511 e. The Bertz CT molecular complexity index is 1710. The molecule has 4 atom stereocenters. The van der Waals surface area contributed by atoms with E-state index in [0.29, 0.717) is 17.7 Å². The van der Waals surface area contributed by atoms with Crippen molar-refractivity contribution in [1.29, 1.82) is 0 Å². The lowest BCUT2D eigenvalue weighted by Gasteiger charge is -2.59. The molecule has 0 aliphatic heterocycles. The number of ether oxygens (including phenoxy) is 1. The van der Waals surface area contributed by atoms with Gasteiger partial charge in [0.1, 0.15) is 22.8 Å². The minimum absolute atomic E-state index is 0.0130. The van der Waals surface area contributed by atoms with Gasteiger partial charge in [-0.2, -0.15) is 0 Å². The molecule has 46 heavy (non-hydrogen) atoms. The van der Waals surface area contributed by atoms with Crippen LogP contribution in [0.3, 0.4) is 0 Å². The van der Waals surface area contributed by atoms with Crippen LogP contribution in [0.25, 0.3) is 11.1 Å². The predicted molar refractivity (Wildman–Crippen MR) is 170 cm³/mol. The third-order valence-corrected chi connectivity index (χ3v) is 10.3. The molecule has 9 nitrogen and oxygen atoms in total. The molecule has 0 saturated carbocycles. The molecule has 3 aliphatic carbocycles. The molecule has 0 heterocycles. The highest BCUT2D eigenvalue weighted by Gasteiger charge is 2.71. The van der Waals surface area contributed by atoms with Crippen LogP contribution in [-0.2, 0) is 32.0 Å². The van der Waals surface area contributed by atoms with Gasteiger partial charge in [-0.1, -0.05) is 71.4 Å². The molecule has 2 aromatic rings. The molecule has 2 aromatic carbocycles. The molecule has 0 saturated heterocycles. The van der Waals surface area contributed by atoms with Crippen LogP contribution in [0.1, 0.15) is 82.3 Å². The van der Waals surface area contributed by atoms with Gasteiger partial charge in [0.15, 0.2) is 17.2 Å². The molecule has 0 aromatic heterocycles. The van der Waals surface area contributed by atoms with Crippen molar-refractivity contribution in [2.24, 2.45) is 22.7 Å². The van der Waals surface area contributed by atoms with E-state index >= 15 is 0 Å². The maximum Gasteiger partial charge on any atom is 0.310 e. The number of aliphatic hydroxyl groups excluding tert-OH is 2. The molecule has 1 unspecified atom stereocenters. The molecule has 3 aliphatic rings. The summed E-state index contributed by atoms with van der Waals surface area (Å²) in [6.45, 7) is 10.5. The van der Waals surface area contributed by atoms with Crippen molar-refractivity contribution in [1.82, 2.24) is 0 Å². The van der Waals surface area contributed by atoms with E-state index in [1.807, 2.05) is 31.2 Å². The Labute approximate surface area is 268 Å². The number of Topliss-reactive ketones (excluding diaryl/α,β-unsaturated/α-hetero) is 3. The van der Waals surface area contributed by atoms with Crippen LogP contribution < -0.4 is 0 Å². The normalized spacial score (nSPS) is 27.3. The van der Waals surface area contributed by atoms with Crippen LogP contribution in [0.15, 0.2) is 59.1 Å². The second kappa shape index (κ2) is 11.5. The number of ketones is 3. The fraction of sp³-hybridized carbons (Fsp3) is 0.459. The van der Waals surface area contributed by atoms with Crippen molar-refractivity contribution < 1.29 is 44.3 Å². The van der Waals surface area contributed by atoms with Crippen LogP contribution in [0, 0.1) is 22.7 Å². The molecule has 9 heteroatoms. The average molecular weight is 631 g/mol. The summed E-state index contributed by atoms with van der Waals surface area (Å²) in [7, 11) is 0. The number of esters is 1. The van der Waals surface area contributed by atoms with Gasteiger partial charge in [0.2, 0.25) is 5.78 Å². The number of phenols is 1. The van der Waals surface area contributed by atoms with Crippen molar-refractivity contribution in [2.45, 2.75) is 79.2 Å². The van der Waals surface area contributed by atoms with Gasteiger partial charge in [-0.3, -0.25) is 19.2 Å². The van der Waals surface area contributed by atoms with Crippen molar-refractivity contribution in [2.75, 3.05) is 6.61 Å². The largest absolute Gasteiger partial charge is 0.511 e. The number of phenolic OH excluding ortho intramolecular Hbond substituents is 1. The first-order valence-corrected chi connectivity index (χ1v) is 15.8. The Morgan fingerprint density at radius 3 is 2.26 bits per heavy atom. The summed E-state index contributed by atoms with van der Waals surface area (Å²) in [6.07, 6.45) is 2.02. The fourth-order valence-electron chi connectivity index (χ4n) is 8.35. The van der Waals surface area contributed by atoms with Crippen LogP contribution in [0.4, 0.5) is 0 Å². The first-order valence-electron chi connectivity index (χ1n) is 15.8. The summed E-state index contributed by atoms with van der Waals surface area (Å²) in [6, 6.07) is 10.4. The zero-order chi connectivity index (χ0) is 33.9. The smallest absolute Gasteiger partial charge is 0.310 e. The van der Waals surface area contributed by atoms with Crippen molar-refractivity contribution in [3.8, 4) is 16.9 Å². The van der Waals surface area contributed by atoms with Gasteiger partial charge >= 0.3 is 5.97 Å². The quantitative estimate of drug-likeness (QED) is 0.158. The molecule has 4 N–H and O–H groups in total. The number of hydrogen-bond acceptors (Lipinski definition) is 9. The lowest BCUT2D eigenvalue weighted by atomic mass is 9.44. The van der Waals surface area contributed by atoms with E-state index in [1.54, 1.807) is 33.8 Å². The van der Waals surface area contributed by atoms with E-state index in [4.69, 9.17) is 4.74 Å². The number of fused-ring (bicyclic) bond motifs is 3. The molecule has 5 rings (SSSR count). The maximum atomic E-state index is 14.3. The van der Waals surface area contributed by atoms with Crippen molar-refractivity contribution in [3.05, 3.63) is 75.8 Å². The molecule has 0 spiro atoms. The number of aliphatic hydroxyl groups is 3. The Balaban J connectivity index is 1.62. The van der Waals surface area contributed by atoms with E-state index < -0.39 is 56.8 Å². The molecular weight excluding hydrogens is 588 g/mol. The first-order chi connectivity index (χ1) is 21.5. The SMILES string of the molecule is CCCCOC(=O)Cc1ccc(-c2ccc(O)c3c2C[C@]2(C)C[C@]4(C)C(C(C)C)C(O)=C(C(C)=O)C(=O)[C@]4(O)C(O)=C2C3=O)cc1. The summed E-state index contributed by atoms with van der Waals surface area (Å²) >= 11 is 0. The number of carbonyl (C=O) groups is 4. The van der Waals surface area contributed by atoms with E-state index in [1.165, 1.54) is 6.07 Å². The second-order valence-corrected chi connectivity index (χ2v) is 13.9. The number of hydrogen-bond donors (Lipinski definition) is 4. The van der Waals surface area contributed by atoms with E-state index in [9.17, 15) is 39.6 Å². The van der Waals surface area contributed by atoms with Gasteiger partial charge in [0.05, 0.1) is 18.6 Å². The molecule has 0 amide bonds. The number of unbranched alkanes of at least 4 members (excludes halogenated alkanes) is 1. The lowest BCUT2D eigenvalue weighted by molar-refractivity contribution is -0.171. The second-order valence-electron chi connectivity index (χ2n) is 13.9. The monoisotopic (exact) mass is 630 g/mol. The van der Waals surface area contributed by atoms with Crippen LogP contribution in [0.2, 0.25) is 0 Å². The lowest BCUT2D eigenvalue weighted by Crippen LogP contribution is -2.67. The average Bonchev–Trinajstić information content (AvgIpc) is 2.95. The molecular formula is C37H42O9.